The van der Waals surface area contributed by atoms with Gasteiger partial charge in [-0.25, -0.2) is 19.9 Å². The van der Waals surface area contributed by atoms with E-state index in [2.05, 4.69) is 30.2 Å². The molecule has 0 aliphatic heterocycles. The summed E-state index contributed by atoms with van der Waals surface area (Å²) >= 11 is 0. The van der Waals surface area contributed by atoms with Crippen molar-refractivity contribution in [2.75, 3.05) is 0 Å². The number of aromatic nitrogens is 4. The van der Waals surface area contributed by atoms with E-state index in [0.29, 0.717) is 0 Å². The van der Waals surface area contributed by atoms with E-state index in [4.69, 9.17) is 10.4 Å². The van der Waals surface area contributed by atoms with Crippen LogP contribution in [-0.2, 0) is 0 Å². The van der Waals surface area contributed by atoms with Crippen LogP contribution in [0.25, 0.3) is 0 Å². The van der Waals surface area contributed by atoms with Crippen molar-refractivity contribution in [3.05, 3.63) is 48.6 Å². The molecule has 2 aromatic rings. The molecule has 2 heterocycles. The molecule has 0 saturated heterocycles. The number of rotatable bonds is 3. The van der Waals surface area contributed by atoms with Crippen LogP contribution in [0.1, 0.15) is 11.6 Å². The first-order chi connectivity index (χ1) is 8.86. The zero-order valence-corrected chi connectivity index (χ0v) is 9.04. The third kappa shape index (κ3) is 2.26. The molecular weight excluding hydrogens is 236 g/mol. The third-order valence-electron chi connectivity index (χ3n) is 1.98. The second kappa shape index (κ2) is 5.43. The Bertz CT molecular complexity index is 516. The Morgan fingerprint density at radius 2 is 1.06 bits per heavy atom. The Morgan fingerprint density at radius 3 is 1.33 bits per heavy atom. The molecule has 2 aromatic heterocycles. The first kappa shape index (κ1) is 11.6. The molecule has 0 unspecified atom stereocenters. The fourth-order valence-corrected chi connectivity index (χ4v) is 1.24. The van der Waals surface area contributed by atoms with E-state index in [-0.39, 0.29) is 23.1 Å². The molecule has 0 saturated carbocycles. The van der Waals surface area contributed by atoms with Gasteiger partial charge < -0.3 is 10.4 Å². The van der Waals surface area contributed by atoms with Crippen LogP contribution in [-0.4, -0.2) is 41.8 Å². The fourth-order valence-electron chi connectivity index (χ4n) is 1.24. The Balaban J connectivity index is 2.45. The van der Waals surface area contributed by atoms with Gasteiger partial charge in [0, 0.05) is 24.8 Å². The highest BCUT2D eigenvalue weighted by Crippen LogP contribution is 2.01. The summed E-state index contributed by atoms with van der Waals surface area (Å²) in [4.78, 5) is 15.6. The molecule has 18 heavy (non-hydrogen) atoms. The van der Waals surface area contributed by atoms with Crippen molar-refractivity contribution in [1.82, 2.24) is 19.9 Å². The smallest absolute Gasteiger partial charge is 0.184 e. The van der Waals surface area contributed by atoms with Crippen molar-refractivity contribution in [1.29, 1.82) is 0 Å². The predicted molar refractivity (Wildman–Crippen MR) is 60.7 cm³/mol. The van der Waals surface area contributed by atoms with Gasteiger partial charge in [-0.3, -0.25) is 0 Å². The minimum absolute atomic E-state index is 0.0975. The van der Waals surface area contributed by atoms with Crippen molar-refractivity contribution >= 4 is 11.4 Å². The minimum atomic E-state index is -0.121. The topological polar surface area (TPSA) is 117 Å². The zero-order valence-electron chi connectivity index (χ0n) is 9.04. The summed E-state index contributed by atoms with van der Waals surface area (Å²) < 4.78 is 0. The monoisotopic (exact) mass is 244 g/mol. The van der Waals surface area contributed by atoms with Crippen LogP contribution in [0.2, 0.25) is 0 Å². The maximum absolute atomic E-state index is 9.00. The van der Waals surface area contributed by atoms with Crippen LogP contribution >= 0.6 is 0 Å². The van der Waals surface area contributed by atoms with Crippen LogP contribution in [0, 0.1) is 0 Å². The molecule has 2 rings (SSSR count). The van der Waals surface area contributed by atoms with Gasteiger partial charge in [-0.1, -0.05) is 10.3 Å². The number of hydrogen-bond donors (Lipinski definition) is 2. The van der Waals surface area contributed by atoms with Crippen LogP contribution in [0.5, 0.6) is 0 Å². The summed E-state index contributed by atoms with van der Waals surface area (Å²) in [5, 5.41) is 24.1. The van der Waals surface area contributed by atoms with Gasteiger partial charge in [0.1, 0.15) is 0 Å². The molecule has 0 aliphatic rings. The van der Waals surface area contributed by atoms with Crippen LogP contribution in [0.4, 0.5) is 0 Å². The molecule has 8 nitrogen and oxygen atoms in total. The standard InChI is InChI=1S/C10H8N6O2/c17-15-7(9-11-3-1-4-12-9)8(16-18)10-13-5-2-6-14-10/h1-6,17-18H. The van der Waals surface area contributed by atoms with Gasteiger partial charge in [0.05, 0.1) is 0 Å². The van der Waals surface area contributed by atoms with E-state index in [1.807, 2.05) is 0 Å². The van der Waals surface area contributed by atoms with Crippen LogP contribution in [0.3, 0.4) is 0 Å². The molecule has 0 aliphatic carbocycles. The maximum Gasteiger partial charge on any atom is 0.184 e. The second-order valence-corrected chi connectivity index (χ2v) is 3.04. The molecule has 0 radical (unpaired) electrons. The Kier molecular flexibility index (Phi) is 3.50. The van der Waals surface area contributed by atoms with Crippen LogP contribution in [0.15, 0.2) is 47.2 Å². The predicted octanol–water partition coefficient (Wildman–Crippen LogP) is 0.323. The van der Waals surface area contributed by atoms with E-state index in [9.17, 15) is 0 Å². The Morgan fingerprint density at radius 1 is 0.722 bits per heavy atom. The second-order valence-electron chi connectivity index (χ2n) is 3.04. The highest BCUT2D eigenvalue weighted by atomic mass is 16.4. The first-order valence-electron chi connectivity index (χ1n) is 4.86. The molecule has 0 amide bonds. The van der Waals surface area contributed by atoms with E-state index < -0.39 is 0 Å². The van der Waals surface area contributed by atoms with E-state index >= 15 is 0 Å². The van der Waals surface area contributed by atoms with Gasteiger partial charge in [0.25, 0.3) is 0 Å². The van der Waals surface area contributed by atoms with Crippen molar-refractivity contribution in [2.24, 2.45) is 10.3 Å². The lowest BCUT2D eigenvalue weighted by Gasteiger charge is -2.03. The number of hydrogen-bond acceptors (Lipinski definition) is 8. The highest BCUT2D eigenvalue weighted by Gasteiger charge is 2.20. The molecule has 0 bridgehead atoms. The largest absolute Gasteiger partial charge is 0.410 e. The Labute approximate surface area is 101 Å². The lowest BCUT2D eigenvalue weighted by Crippen LogP contribution is -2.22. The van der Waals surface area contributed by atoms with Gasteiger partial charge in [-0.2, -0.15) is 0 Å². The summed E-state index contributed by atoms with van der Waals surface area (Å²) in [5.41, 5.74) is -0.242. The quantitative estimate of drug-likeness (QED) is 0.456. The molecule has 0 fully saturated rings. The van der Waals surface area contributed by atoms with Gasteiger partial charge >= 0.3 is 0 Å². The molecular formula is C10H8N6O2. The summed E-state index contributed by atoms with van der Waals surface area (Å²) in [6.07, 6.45) is 5.87. The molecule has 0 spiro atoms. The summed E-state index contributed by atoms with van der Waals surface area (Å²) in [7, 11) is 0. The maximum atomic E-state index is 9.00. The summed E-state index contributed by atoms with van der Waals surface area (Å²) in [6.45, 7) is 0. The van der Waals surface area contributed by atoms with Gasteiger partial charge in [0.15, 0.2) is 23.1 Å². The van der Waals surface area contributed by atoms with E-state index in [0.717, 1.165) is 0 Å². The molecule has 8 heteroatoms. The SMILES string of the molecule is ON=C(C(=NO)c1ncccn1)c1ncccn1. The van der Waals surface area contributed by atoms with E-state index in [1.54, 1.807) is 12.1 Å². The van der Waals surface area contributed by atoms with Crippen LogP contribution < -0.4 is 0 Å². The fraction of sp³-hybridized carbons (Fsp3) is 0. The third-order valence-corrected chi connectivity index (χ3v) is 1.98. The average molecular weight is 244 g/mol. The lowest BCUT2D eigenvalue weighted by molar-refractivity contribution is 0.314. The Hall–Kier alpha value is -2.90. The van der Waals surface area contributed by atoms with Gasteiger partial charge in [-0.15, -0.1) is 0 Å². The van der Waals surface area contributed by atoms with Crippen molar-refractivity contribution < 1.29 is 10.4 Å². The highest BCUT2D eigenvalue weighted by molar-refractivity contribution is 6.51. The van der Waals surface area contributed by atoms with Crippen molar-refractivity contribution in [3.63, 3.8) is 0 Å². The summed E-state index contributed by atoms with van der Waals surface area (Å²) in [5.74, 6) is 0.195. The first-order valence-corrected chi connectivity index (χ1v) is 4.86. The van der Waals surface area contributed by atoms with Gasteiger partial charge in [0.2, 0.25) is 0 Å². The van der Waals surface area contributed by atoms with Crippen molar-refractivity contribution in [3.8, 4) is 0 Å². The summed E-state index contributed by atoms with van der Waals surface area (Å²) in [6, 6.07) is 3.21. The lowest BCUT2D eigenvalue weighted by atomic mass is 10.2. The molecule has 90 valence electrons. The minimum Gasteiger partial charge on any atom is -0.410 e. The molecule has 2 N–H and O–H groups in total. The normalized spacial score (nSPS) is 12.4. The zero-order chi connectivity index (χ0) is 12.8. The van der Waals surface area contributed by atoms with E-state index in [1.165, 1.54) is 24.8 Å². The van der Waals surface area contributed by atoms with Gasteiger partial charge in [-0.05, 0) is 12.1 Å². The molecule has 0 aromatic carbocycles. The van der Waals surface area contributed by atoms with Crippen molar-refractivity contribution in [2.45, 2.75) is 0 Å². The average Bonchev–Trinajstić information content (AvgIpc) is 2.46. The number of oxime groups is 2. The molecule has 0 atom stereocenters. The number of nitrogens with zero attached hydrogens (tertiary/aromatic N) is 6.